The molecule has 0 aliphatic heterocycles. The average molecular weight is 246 g/mol. The Morgan fingerprint density at radius 1 is 1.00 bits per heavy atom. The monoisotopic (exact) mass is 245 g/mol. The van der Waals surface area contributed by atoms with Gasteiger partial charge in [-0.1, -0.05) is 47.5 Å². The Hall–Kier alpha value is -1.47. The molecule has 0 aromatic heterocycles. The summed E-state index contributed by atoms with van der Waals surface area (Å²) in [5.41, 5.74) is 4.86. The first kappa shape index (κ1) is 12.0. The van der Waals surface area contributed by atoms with Crippen LogP contribution in [0.3, 0.4) is 0 Å². The topological polar surface area (TPSA) is 12.0 Å². The molecule has 0 saturated carbocycles. The molecule has 0 saturated heterocycles. The summed E-state index contributed by atoms with van der Waals surface area (Å²) in [5.74, 6) is 0. The van der Waals surface area contributed by atoms with Crippen molar-refractivity contribution >= 4 is 17.3 Å². The van der Waals surface area contributed by atoms with Crippen LogP contribution in [0.25, 0.3) is 0 Å². The van der Waals surface area contributed by atoms with Gasteiger partial charge < -0.3 is 5.32 Å². The molecular formula is C15H16ClN. The fourth-order valence-corrected chi connectivity index (χ4v) is 2.03. The Kier molecular flexibility index (Phi) is 3.70. The average Bonchev–Trinajstić information content (AvgIpc) is 2.34. The Bertz CT molecular complexity index is 503. The lowest BCUT2D eigenvalue weighted by molar-refractivity contribution is 1.18. The number of hydrogen-bond acceptors (Lipinski definition) is 1. The van der Waals surface area contributed by atoms with Crippen molar-refractivity contribution in [3.05, 3.63) is 64.2 Å². The molecule has 0 unspecified atom stereocenters. The molecule has 17 heavy (non-hydrogen) atoms. The zero-order chi connectivity index (χ0) is 12.3. The van der Waals surface area contributed by atoms with Crippen LogP contribution in [0, 0.1) is 6.92 Å². The zero-order valence-electron chi connectivity index (χ0n) is 10.1. The highest BCUT2D eigenvalue weighted by atomic mass is 35.5. The fourth-order valence-electron chi connectivity index (χ4n) is 1.82. The largest absolute Gasteiger partial charge is 0.387 e. The number of nitrogens with one attached hydrogen (secondary N) is 1. The van der Waals surface area contributed by atoms with Gasteiger partial charge in [-0.15, -0.1) is 0 Å². The van der Waals surface area contributed by atoms with E-state index < -0.39 is 0 Å². The van der Waals surface area contributed by atoms with Crippen LogP contribution in [-0.2, 0) is 6.42 Å². The molecule has 2 rings (SSSR count). The molecule has 88 valence electrons. The zero-order valence-corrected chi connectivity index (χ0v) is 10.9. The summed E-state index contributed by atoms with van der Waals surface area (Å²) >= 11 is 6.06. The van der Waals surface area contributed by atoms with Crippen LogP contribution in [0.5, 0.6) is 0 Å². The molecule has 2 aromatic rings. The molecule has 0 atom stereocenters. The molecule has 0 amide bonds. The van der Waals surface area contributed by atoms with Crippen molar-refractivity contribution in [1.82, 2.24) is 0 Å². The Morgan fingerprint density at radius 3 is 2.29 bits per heavy atom. The smallest absolute Gasteiger partial charge is 0.0637 e. The van der Waals surface area contributed by atoms with Crippen LogP contribution < -0.4 is 5.32 Å². The Labute approximate surface area is 107 Å². The normalized spacial score (nSPS) is 10.3. The Balaban J connectivity index is 2.21. The summed E-state index contributed by atoms with van der Waals surface area (Å²) in [5, 5.41) is 3.86. The van der Waals surface area contributed by atoms with E-state index in [9.17, 15) is 0 Å². The van der Waals surface area contributed by atoms with Gasteiger partial charge in [0.2, 0.25) is 0 Å². The summed E-state index contributed by atoms with van der Waals surface area (Å²) in [6, 6.07) is 14.7. The van der Waals surface area contributed by atoms with Crippen molar-refractivity contribution in [1.29, 1.82) is 0 Å². The molecular weight excluding hydrogens is 230 g/mol. The molecule has 0 aliphatic rings. The van der Waals surface area contributed by atoms with Gasteiger partial charge in [0.1, 0.15) is 0 Å². The van der Waals surface area contributed by atoms with Crippen LogP contribution in [-0.4, -0.2) is 7.05 Å². The van der Waals surface area contributed by atoms with E-state index in [4.69, 9.17) is 11.6 Å². The number of aryl methyl sites for hydroxylation is 1. The summed E-state index contributed by atoms with van der Waals surface area (Å²) < 4.78 is 0. The van der Waals surface area contributed by atoms with Crippen LogP contribution in [0.1, 0.15) is 16.7 Å². The second-order valence-corrected chi connectivity index (χ2v) is 4.63. The molecule has 2 aromatic carbocycles. The molecule has 1 nitrogen and oxygen atoms in total. The highest BCUT2D eigenvalue weighted by Gasteiger charge is 2.01. The van der Waals surface area contributed by atoms with Gasteiger partial charge in [-0.05, 0) is 36.6 Å². The van der Waals surface area contributed by atoms with Crippen LogP contribution in [0.15, 0.2) is 42.5 Å². The summed E-state index contributed by atoms with van der Waals surface area (Å²) in [7, 11) is 1.89. The van der Waals surface area contributed by atoms with E-state index in [1.165, 1.54) is 16.7 Å². The second-order valence-electron chi connectivity index (χ2n) is 4.23. The highest BCUT2D eigenvalue weighted by molar-refractivity contribution is 6.33. The highest BCUT2D eigenvalue weighted by Crippen LogP contribution is 2.23. The first-order valence-electron chi connectivity index (χ1n) is 5.71. The maximum absolute atomic E-state index is 6.06. The number of hydrogen-bond donors (Lipinski definition) is 1. The first-order valence-corrected chi connectivity index (χ1v) is 6.08. The van der Waals surface area contributed by atoms with Gasteiger partial charge in [-0.3, -0.25) is 0 Å². The number of rotatable bonds is 3. The van der Waals surface area contributed by atoms with Gasteiger partial charge in [0.15, 0.2) is 0 Å². The lowest BCUT2D eigenvalue weighted by Crippen LogP contribution is -1.93. The standard InChI is InChI=1S/C15H16ClN/c1-11-3-5-12(6-4-11)9-13-7-8-14(16)15(10-13)17-2/h3-8,10,17H,9H2,1-2H3. The van der Waals surface area contributed by atoms with Gasteiger partial charge in [-0.25, -0.2) is 0 Å². The van der Waals surface area contributed by atoms with Crippen LogP contribution in [0.2, 0.25) is 5.02 Å². The first-order chi connectivity index (χ1) is 8.19. The predicted octanol–water partition coefficient (Wildman–Crippen LogP) is 4.28. The van der Waals surface area contributed by atoms with E-state index in [1.54, 1.807) is 0 Å². The summed E-state index contributed by atoms with van der Waals surface area (Å²) in [6.45, 7) is 2.10. The predicted molar refractivity (Wildman–Crippen MR) is 75.0 cm³/mol. The van der Waals surface area contributed by atoms with E-state index in [-0.39, 0.29) is 0 Å². The van der Waals surface area contributed by atoms with Crippen molar-refractivity contribution in [2.45, 2.75) is 13.3 Å². The number of halogens is 1. The third-order valence-corrected chi connectivity index (χ3v) is 3.16. The summed E-state index contributed by atoms with van der Waals surface area (Å²) in [6.07, 6.45) is 0.937. The lowest BCUT2D eigenvalue weighted by atomic mass is 10.0. The second kappa shape index (κ2) is 5.24. The third kappa shape index (κ3) is 3.01. The van der Waals surface area contributed by atoms with Gasteiger partial charge in [0, 0.05) is 7.05 Å². The van der Waals surface area contributed by atoms with E-state index in [2.05, 4.69) is 48.6 Å². The van der Waals surface area contributed by atoms with Gasteiger partial charge in [0.05, 0.1) is 10.7 Å². The van der Waals surface area contributed by atoms with Gasteiger partial charge >= 0.3 is 0 Å². The molecule has 0 bridgehead atoms. The minimum absolute atomic E-state index is 0.764. The van der Waals surface area contributed by atoms with Crippen molar-refractivity contribution < 1.29 is 0 Å². The van der Waals surface area contributed by atoms with Crippen molar-refractivity contribution in [2.75, 3.05) is 12.4 Å². The van der Waals surface area contributed by atoms with E-state index in [0.717, 1.165) is 17.1 Å². The molecule has 0 fully saturated rings. The van der Waals surface area contributed by atoms with Crippen LogP contribution >= 0.6 is 11.6 Å². The number of anilines is 1. The maximum atomic E-state index is 6.06. The van der Waals surface area contributed by atoms with Gasteiger partial charge in [-0.2, -0.15) is 0 Å². The van der Waals surface area contributed by atoms with Crippen molar-refractivity contribution in [3.63, 3.8) is 0 Å². The van der Waals surface area contributed by atoms with Crippen LogP contribution in [0.4, 0.5) is 5.69 Å². The van der Waals surface area contributed by atoms with E-state index in [1.807, 2.05) is 13.1 Å². The maximum Gasteiger partial charge on any atom is 0.0637 e. The van der Waals surface area contributed by atoms with Crippen molar-refractivity contribution in [3.8, 4) is 0 Å². The molecule has 0 heterocycles. The minimum atomic E-state index is 0.764. The van der Waals surface area contributed by atoms with Crippen molar-refractivity contribution in [2.24, 2.45) is 0 Å². The fraction of sp³-hybridized carbons (Fsp3) is 0.200. The van der Waals surface area contributed by atoms with E-state index in [0.29, 0.717) is 0 Å². The summed E-state index contributed by atoms with van der Waals surface area (Å²) in [4.78, 5) is 0. The third-order valence-electron chi connectivity index (χ3n) is 2.83. The minimum Gasteiger partial charge on any atom is -0.387 e. The SMILES string of the molecule is CNc1cc(Cc2ccc(C)cc2)ccc1Cl. The Morgan fingerprint density at radius 2 is 1.65 bits per heavy atom. The molecule has 0 spiro atoms. The quantitative estimate of drug-likeness (QED) is 0.851. The lowest BCUT2D eigenvalue weighted by Gasteiger charge is -2.07. The molecule has 0 aliphatic carbocycles. The molecule has 2 heteroatoms. The molecule has 0 radical (unpaired) electrons. The number of benzene rings is 2. The van der Waals surface area contributed by atoms with Gasteiger partial charge in [0.25, 0.3) is 0 Å². The molecule has 1 N–H and O–H groups in total. The van der Waals surface area contributed by atoms with E-state index >= 15 is 0 Å².